The fraction of sp³-hybridized carbons (Fsp3) is 0. The summed E-state index contributed by atoms with van der Waals surface area (Å²) in [6.07, 6.45) is 0. The fourth-order valence-corrected chi connectivity index (χ4v) is 0. The average Bonchev–Trinajstić information content (AvgIpc) is 0.722. The van der Waals surface area contributed by atoms with E-state index in [1.807, 2.05) is 0 Å². The Morgan fingerprint density at radius 1 is 1.17 bits per heavy atom. The largest absolute Gasteiger partial charge is 2.00 e. The third-order valence-electron chi connectivity index (χ3n) is 0. The molecule has 0 bridgehead atoms. The van der Waals surface area contributed by atoms with Crippen molar-refractivity contribution >= 4 is 23.9 Å². The Morgan fingerprint density at radius 3 is 1.17 bits per heavy atom. The third-order valence-corrected chi connectivity index (χ3v) is 0. The van der Waals surface area contributed by atoms with Gasteiger partial charge >= 0.3 is 13.5 Å². The number of hydrogen-bond donors (Lipinski definition) is 0. The van der Waals surface area contributed by atoms with Gasteiger partial charge in [0.1, 0.15) is 0 Å². The minimum atomic E-state index is -5.17. The highest BCUT2D eigenvalue weighted by Gasteiger charge is 2.00. The number of hydrogen-bond acceptors (Lipinski definition) is 4. The molecular weight excluding hydrogens is 128 g/mol. The summed E-state index contributed by atoms with van der Waals surface area (Å²) in [6, 6.07) is 0. The summed E-state index contributed by atoms with van der Waals surface area (Å²) in [4.78, 5) is 0. The predicted molar refractivity (Wildman–Crippen MR) is 17.8 cm³/mol. The Labute approximate surface area is 42.2 Å². The summed E-state index contributed by atoms with van der Waals surface area (Å²) in [5.41, 5.74) is 0. The molecule has 0 heterocycles. The summed E-state index contributed by atoms with van der Waals surface area (Å²) in [6.45, 7) is 0. The van der Waals surface area contributed by atoms with Gasteiger partial charge in [-0.3, -0.25) is 8.42 Å². The van der Waals surface area contributed by atoms with E-state index < -0.39 is 10.4 Å². The molecule has 0 aliphatic carbocycles. The van der Waals surface area contributed by atoms with E-state index in [1.54, 1.807) is 0 Å². The van der Waals surface area contributed by atoms with Gasteiger partial charge in [0.25, 0.3) is 0 Å². The maximum absolute atomic E-state index is 8.52. The van der Waals surface area contributed by atoms with Crippen molar-refractivity contribution in [3.05, 3.63) is 0 Å². The highest BCUT2D eigenvalue weighted by atomic mass is 32.3. The van der Waals surface area contributed by atoms with Gasteiger partial charge in [-0.15, -0.1) is 0 Å². The standard InChI is InChI=1S/H2O4S.S/c1-5(2,3)4;/h(H2,1,2,3,4);/q;+2/p-2. The van der Waals surface area contributed by atoms with Gasteiger partial charge in [0, 0.05) is 10.4 Å². The molecule has 36 valence electrons. The van der Waals surface area contributed by atoms with E-state index in [1.165, 1.54) is 0 Å². The minimum Gasteiger partial charge on any atom is -0.759 e. The summed E-state index contributed by atoms with van der Waals surface area (Å²) in [7, 11) is -5.17. The van der Waals surface area contributed by atoms with Gasteiger partial charge in [0.15, 0.2) is 0 Å². The van der Waals surface area contributed by atoms with E-state index in [4.69, 9.17) is 17.5 Å². The molecule has 0 aromatic heterocycles. The molecule has 0 saturated heterocycles. The van der Waals surface area contributed by atoms with Crippen LogP contribution in [-0.2, 0) is 23.9 Å². The molecule has 0 spiro atoms. The van der Waals surface area contributed by atoms with Crippen molar-refractivity contribution in [1.29, 1.82) is 0 Å². The predicted octanol–water partition coefficient (Wildman–Crippen LogP) is -1.34. The molecule has 0 unspecified atom stereocenters. The molecule has 0 rings (SSSR count). The second-order valence-electron chi connectivity index (χ2n) is 0.408. The van der Waals surface area contributed by atoms with Gasteiger partial charge in [-0.25, -0.2) is 0 Å². The number of rotatable bonds is 0. The van der Waals surface area contributed by atoms with Crippen LogP contribution in [0.15, 0.2) is 0 Å². The molecule has 0 aromatic carbocycles. The minimum absolute atomic E-state index is 0. The molecule has 0 aromatic rings. The van der Waals surface area contributed by atoms with Crippen LogP contribution in [0, 0.1) is 0 Å². The van der Waals surface area contributed by atoms with Crippen LogP contribution in [0.5, 0.6) is 0 Å². The molecule has 0 amide bonds. The Balaban J connectivity index is 0. The van der Waals surface area contributed by atoms with Crippen LogP contribution >= 0.6 is 0 Å². The maximum atomic E-state index is 8.52. The second-order valence-corrected chi connectivity index (χ2v) is 1.22. The fourth-order valence-electron chi connectivity index (χ4n) is 0. The average molecular weight is 128 g/mol. The Bertz CT molecular complexity index is 88.7. The lowest BCUT2D eigenvalue weighted by atomic mass is 15.8. The van der Waals surface area contributed by atoms with Gasteiger partial charge in [-0.1, -0.05) is 0 Å². The summed E-state index contributed by atoms with van der Waals surface area (Å²) >= 11 is 0. The molecule has 6 heteroatoms. The van der Waals surface area contributed by atoms with Crippen molar-refractivity contribution in [1.82, 2.24) is 0 Å². The topological polar surface area (TPSA) is 80.3 Å². The van der Waals surface area contributed by atoms with E-state index in [0.29, 0.717) is 0 Å². The van der Waals surface area contributed by atoms with Crippen LogP contribution in [0.1, 0.15) is 0 Å². The normalized spacial score (nSPS) is 9.67. The van der Waals surface area contributed by atoms with Crippen molar-refractivity contribution in [2.75, 3.05) is 0 Å². The lowest BCUT2D eigenvalue weighted by molar-refractivity contribution is 0.352. The molecule has 0 atom stereocenters. The quantitative estimate of drug-likeness (QED) is 0.298. The van der Waals surface area contributed by atoms with E-state index in [0.717, 1.165) is 0 Å². The van der Waals surface area contributed by atoms with Crippen molar-refractivity contribution < 1.29 is 17.5 Å². The van der Waals surface area contributed by atoms with Crippen LogP contribution in [0.3, 0.4) is 0 Å². The molecule has 4 radical (unpaired) electrons. The zero-order chi connectivity index (χ0) is 4.50. The van der Waals surface area contributed by atoms with Gasteiger partial charge < -0.3 is 9.11 Å². The van der Waals surface area contributed by atoms with Gasteiger partial charge in [-0.05, 0) is 0 Å². The first-order valence-corrected chi connectivity index (χ1v) is 2.00. The first-order chi connectivity index (χ1) is 2.00. The van der Waals surface area contributed by atoms with Gasteiger partial charge in [-0.2, -0.15) is 0 Å². The molecule has 0 aliphatic heterocycles. The SMILES string of the molecule is O=S(=O)([O-])[O-].[S+2]. The third kappa shape index (κ3) is 904. The van der Waals surface area contributed by atoms with Gasteiger partial charge in [0.05, 0.1) is 0 Å². The van der Waals surface area contributed by atoms with Crippen molar-refractivity contribution in [3.8, 4) is 0 Å². The van der Waals surface area contributed by atoms with Crippen LogP contribution in [-0.4, -0.2) is 17.5 Å². The van der Waals surface area contributed by atoms with Crippen molar-refractivity contribution in [3.63, 3.8) is 0 Å². The zero-order valence-corrected chi connectivity index (χ0v) is 4.08. The summed E-state index contributed by atoms with van der Waals surface area (Å²) in [5, 5.41) is 0. The summed E-state index contributed by atoms with van der Waals surface area (Å²) in [5.74, 6) is 0. The monoisotopic (exact) mass is 128 g/mol. The van der Waals surface area contributed by atoms with Crippen molar-refractivity contribution in [2.24, 2.45) is 0 Å². The van der Waals surface area contributed by atoms with Crippen molar-refractivity contribution in [2.45, 2.75) is 0 Å². The molecule has 0 N–H and O–H groups in total. The maximum Gasteiger partial charge on any atom is 2.00 e. The molecular formula is O4S2. The zero-order valence-electron chi connectivity index (χ0n) is 2.45. The Kier molecular flexibility index (Phi) is 3.81. The van der Waals surface area contributed by atoms with Crippen LogP contribution < -0.4 is 0 Å². The van der Waals surface area contributed by atoms with Gasteiger partial charge in [0.2, 0.25) is 0 Å². The Hall–Kier alpha value is 0.220. The molecule has 4 nitrogen and oxygen atoms in total. The first kappa shape index (κ1) is 9.52. The van der Waals surface area contributed by atoms with Crippen LogP contribution in [0.2, 0.25) is 0 Å². The van der Waals surface area contributed by atoms with E-state index in [2.05, 4.69) is 0 Å². The van der Waals surface area contributed by atoms with Crippen LogP contribution in [0.4, 0.5) is 0 Å². The first-order valence-electron chi connectivity index (χ1n) is 0.667. The summed E-state index contributed by atoms with van der Waals surface area (Å²) < 4.78 is 34.1. The van der Waals surface area contributed by atoms with E-state index in [-0.39, 0.29) is 13.5 Å². The lowest BCUT2D eigenvalue weighted by Gasteiger charge is -2.06. The molecule has 6 heavy (non-hydrogen) atoms. The smallest absolute Gasteiger partial charge is 0.759 e. The van der Waals surface area contributed by atoms with Crippen LogP contribution in [0.25, 0.3) is 0 Å². The van der Waals surface area contributed by atoms with E-state index >= 15 is 0 Å². The van der Waals surface area contributed by atoms with E-state index in [9.17, 15) is 0 Å². The second kappa shape index (κ2) is 2.40. The Morgan fingerprint density at radius 2 is 1.17 bits per heavy atom. The molecule has 0 saturated carbocycles. The molecule has 0 aliphatic rings. The molecule has 0 fully saturated rings. The highest BCUT2D eigenvalue weighted by molar-refractivity contribution is 7.79. The lowest BCUT2D eigenvalue weighted by Crippen LogP contribution is -1.91. The highest BCUT2D eigenvalue weighted by Crippen LogP contribution is 1.57.